The van der Waals surface area contributed by atoms with Crippen LogP contribution >= 0.6 is 0 Å². The maximum absolute atomic E-state index is 4.55. The molecule has 0 amide bonds. The third-order valence-electron chi connectivity index (χ3n) is 4.74. The summed E-state index contributed by atoms with van der Waals surface area (Å²) >= 11 is 0. The number of rotatable bonds is 15. The lowest BCUT2D eigenvalue weighted by Gasteiger charge is -2.20. The summed E-state index contributed by atoms with van der Waals surface area (Å²) in [5, 5.41) is 0. The summed E-state index contributed by atoms with van der Waals surface area (Å²) in [6.45, 7) is 6.87. The van der Waals surface area contributed by atoms with Crippen molar-refractivity contribution >= 4 is 12.4 Å². The highest BCUT2D eigenvalue weighted by atomic mass is 15.1. The van der Waals surface area contributed by atoms with Gasteiger partial charge in [-0.3, -0.25) is 24.9 Å². The van der Waals surface area contributed by atoms with Crippen LogP contribution in [0.25, 0.3) is 0 Å². The van der Waals surface area contributed by atoms with E-state index in [0.29, 0.717) is 0 Å². The zero-order chi connectivity index (χ0) is 20.4. The summed E-state index contributed by atoms with van der Waals surface area (Å²) in [6, 6.07) is 11.8. The molecule has 0 radical (unpaired) electrons. The first-order chi connectivity index (χ1) is 14.4. The zero-order valence-corrected chi connectivity index (χ0v) is 17.8. The molecule has 0 saturated heterocycles. The van der Waals surface area contributed by atoms with Gasteiger partial charge in [0.15, 0.2) is 0 Å². The van der Waals surface area contributed by atoms with Crippen LogP contribution in [0, 0.1) is 0 Å². The van der Waals surface area contributed by atoms with Gasteiger partial charge in [-0.25, -0.2) is 0 Å². The second kappa shape index (κ2) is 15.5. The molecule has 0 unspecified atom stereocenters. The Kier molecular flexibility index (Phi) is 12.2. The first kappa shape index (κ1) is 22.9. The van der Waals surface area contributed by atoms with Crippen molar-refractivity contribution in [3.05, 3.63) is 60.2 Å². The largest absolute Gasteiger partial charge is 0.300 e. The van der Waals surface area contributed by atoms with Crippen molar-refractivity contribution in [3.63, 3.8) is 0 Å². The van der Waals surface area contributed by atoms with Crippen molar-refractivity contribution in [2.45, 2.75) is 45.4 Å². The minimum Gasteiger partial charge on any atom is -0.300 e. The van der Waals surface area contributed by atoms with E-state index >= 15 is 0 Å². The highest BCUT2D eigenvalue weighted by molar-refractivity contribution is 5.77. The van der Waals surface area contributed by atoms with Crippen LogP contribution in [0.5, 0.6) is 0 Å². The Balaban J connectivity index is 1.73. The lowest BCUT2D eigenvalue weighted by atomic mass is 10.1. The van der Waals surface area contributed by atoms with E-state index in [2.05, 4.69) is 31.8 Å². The quantitative estimate of drug-likeness (QED) is 0.326. The second-order valence-corrected chi connectivity index (χ2v) is 7.19. The maximum Gasteiger partial charge on any atom is 0.0807 e. The molecule has 0 spiro atoms. The van der Waals surface area contributed by atoms with Crippen LogP contribution in [-0.4, -0.2) is 60.0 Å². The molecule has 2 heterocycles. The molecular formula is C24H35N5. The second-order valence-electron chi connectivity index (χ2n) is 7.19. The van der Waals surface area contributed by atoms with Crippen molar-refractivity contribution in [2.24, 2.45) is 9.98 Å². The van der Waals surface area contributed by atoms with Gasteiger partial charge in [-0.05, 0) is 37.2 Å². The van der Waals surface area contributed by atoms with Gasteiger partial charge in [0.05, 0.1) is 24.5 Å². The number of nitrogens with zero attached hydrogens (tertiary/aromatic N) is 5. The molecule has 156 valence electrons. The van der Waals surface area contributed by atoms with E-state index in [-0.39, 0.29) is 0 Å². The van der Waals surface area contributed by atoms with Crippen molar-refractivity contribution < 1.29 is 0 Å². The number of pyridine rings is 2. The Morgan fingerprint density at radius 2 is 1.28 bits per heavy atom. The number of aromatic nitrogens is 2. The maximum atomic E-state index is 4.55. The Morgan fingerprint density at radius 3 is 1.79 bits per heavy atom. The van der Waals surface area contributed by atoms with Gasteiger partial charge in [-0.1, -0.05) is 51.2 Å². The lowest BCUT2D eigenvalue weighted by Crippen LogP contribution is -2.30. The predicted octanol–water partition coefficient (Wildman–Crippen LogP) is 4.68. The van der Waals surface area contributed by atoms with Crippen molar-refractivity contribution in [1.29, 1.82) is 0 Å². The SMILES string of the molecule is CCCCCCCCN(CCN=Cc1ccccn1)CCN=Cc1ccccn1. The van der Waals surface area contributed by atoms with Gasteiger partial charge in [0.25, 0.3) is 0 Å². The average molecular weight is 394 g/mol. The number of aliphatic imine (C=N–C) groups is 2. The zero-order valence-electron chi connectivity index (χ0n) is 17.8. The summed E-state index contributed by atoms with van der Waals surface area (Å²) in [5.41, 5.74) is 1.82. The van der Waals surface area contributed by atoms with E-state index in [1.165, 1.54) is 38.5 Å². The van der Waals surface area contributed by atoms with E-state index in [1.807, 2.05) is 48.8 Å². The monoisotopic (exact) mass is 393 g/mol. The Bertz CT molecular complexity index is 631. The van der Waals surface area contributed by atoms with Crippen LogP contribution in [0.15, 0.2) is 58.8 Å². The molecule has 0 bridgehead atoms. The summed E-state index contributed by atoms with van der Waals surface area (Å²) in [5.74, 6) is 0. The van der Waals surface area contributed by atoms with Crippen LogP contribution in [-0.2, 0) is 0 Å². The molecule has 0 aliphatic carbocycles. The molecule has 5 heteroatoms. The summed E-state index contributed by atoms with van der Waals surface area (Å²) < 4.78 is 0. The summed E-state index contributed by atoms with van der Waals surface area (Å²) in [6.07, 6.45) is 15.2. The van der Waals surface area contributed by atoms with Crippen molar-refractivity contribution in [3.8, 4) is 0 Å². The van der Waals surface area contributed by atoms with Gasteiger partial charge in [-0.2, -0.15) is 0 Å². The van der Waals surface area contributed by atoms with E-state index in [4.69, 9.17) is 0 Å². The van der Waals surface area contributed by atoms with Gasteiger partial charge in [-0.15, -0.1) is 0 Å². The fraction of sp³-hybridized carbons (Fsp3) is 0.500. The topological polar surface area (TPSA) is 53.7 Å². The fourth-order valence-electron chi connectivity index (χ4n) is 3.07. The smallest absolute Gasteiger partial charge is 0.0807 e. The first-order valence-electron chi connectivity index (χ1n) is 10.9. The van der Waals surface area contributed by atoms with Gasteiger partial charge < -0.3 is 0 Å². The third-order valence-corrected chi connectivity index (χ3v) is 4.74. The minimum absolute atomic E-state index is 0.788. The van der Waals surface area contributed by atoms with Gasteiger partial charge in [0.1, 0.15) is 0 Å². The van der Waals surface area contributed by atoms with Crippen LogP contribution < -0.4 is 0 Å². The molecule has 2 aromatic heterocycles. The van der Waals surface area contributed by atoms with E-state index in [9.17, 15) is 0 Å². The van der Waals surface area contributed by atoms with Crippen LogP contribution in [0.2, 0.25) is 0 Å². The molecule has 2 aromatic rings. The number of hydrogen-bond acceptors (Lipinski definition) is 5. The Morgan fingerprint density at radius 1 is 0.724 bits per heavy atom. The molecule has 5 nitrogen and oxygen atoms in total. The average Bonchev–Trinajstić information content (AvgIpc) is 2.77. The van der Waals surface area contributed by atoms with Gasteiger partial charge >= 0.3 is 0 Å². The predicted molar refractivity (Wildman–Crippen MR) is 123 cm³/mol. The third kappa shape index (κ3) is 11.3. The van der Waals surface area contributed by atoms with Crippen molar-refractivity contribution in [2.75, 3.05) is 32.7 Å². The first-order valence-corrected chi connectivity index (χ1v) is 10.9. The highest BCUT2D eigenvalue weighted by Gasteiger charge is 2.03. The van der Waals surface area contributed by atoms with Crippen LogP contribution in [0.3, 0.4) is 0 Å². The lowest BCUT2D eigenvalue weighted by molar-refractivity contribution is 0.282. The molecule has 0 aromatic carbocycles. The number of hydrogen-bond donors (Lipinski definition) is 0. The normalized spacial score (nSPS) is 11.8. The van der Waals surface area contributed by atoms with Crippen molar-refractivity contribution in [1.82, 2.24) is 14.9 Å². The van der Waals surface area contributed by atoms with E-state index in [1.54, 1.807) is 12.4 Å². The molecule has 0 saturated carbocycles. The summed E-state index contributed by atoms with van der Waals surface area (Å²) in [4.78, 5) is 20.1. The molecule has 29 heavy (non-hydrogen) atoms. The van der Waals surface area contributed by atoms with Gasteiger partial charge in [0.2, 0.25) is 0 Å². The fourth-order valence-corrected chi connectivity index (χ4v) is 3.07. The molecule has 0 atom stereocenters. The van der Waals surface area contributed by atoms with E-state index < -0.39 is 0 Å². The molecule has 2 rings (SSSR count). The molecule has 0 N–H and O–H groups in total. The molecular weight excluding hydrogens is 358 g/mol. The minimum atomic E-state index is 0.788. The Hall–Kier alpha value is -2.40. The number of unbranched alkanes of at least 4 members (excludes halogenated alkanes) is 5. The standard InChI is InChI=1S/C24H35N5/c1-2-3-4-5-6-11-18-29(19-16-25-21-23-12-7-9-14-27-23)20-17-26-22-24-13-8-10-15-28-24/h7-10,12-15,21-22H,2-6,11,16-20H2,1H3. The molecule has 0 fully saturated rings. The van der Waals surface area contributed by atoms with Crippen LogP contribution in [0.4, 0.5) is 0 Å². The molecule has 0 aliphatic heterocycles. The highest BCUT2D eigenvalue weighted by Crippen LogP contribution is 2.06. The summed E-state index contributed by atoms with van der Waals surface area (Å²) in [7, 11) is 0. The molecule has 0 aliphatic rings. The van der Waals surface area contributed by atoms with Crippen LogP contribution in [0.1, 0.15) is 56.8 Å². The van der Waals surface area contributed by atoms with E-state index in [0.717, 1.165) is 44.1 Å². The Labute approximate surface area is 176 Å². The van der Waals surface area contributed by atoms with Gasteiger partial charge in [0, 0.05) is 37.9 Å².